The number of aliphatic hydroxyl groups is 1. The van der Waals surface area contributed by atoms with Crippen LogP contribution in [0, 0.1) is 0 Å². The number of H-pyrrole nitrogens is 1. The molecule has 0 saturated carbocycles. The molecule has 4 unspecified atom stereocenters. The average Bonchev–Trinajstić information content (AvgIpc) is 3.38. The molecular weight excluding hydrogens is 516 g/mol. The lowest BCUT2D eigenvalue weighted by Gasteiger charge is -2.24. The SMILES string of the molecule is NC(N)=NCCCC(N)C(=O)NC(CO)C(=O)NC(Cc1cnc[nH]1)C(=O)NC(CCCN=C(N)N)C(=O)O. The van der Waals surface area contributed by atoms with Gasteiger partial charge in [0.25, 0.3) is 0 Å². The van der Waals surface area contributed by atoms with E-state index in [2.05, 4.69) is 35.9 Å². The summed E-state index contributed by atoms with van der Waals surface area (Å²) >= 11 is 0. The summed E-state index contributed by atoms with van der Waals surface area (Å²) in [5, 5.41) is 26.4. The van der Waals surface area contributed by atoms with Gasteiger partial charge in [-0.2, -0.15) is 0 Å². The quantitative estimate of drug-likeness (QED) is 0.0461. The molecule has 0 radical (unpaired) electrons. The maximum atomic E-state index is 13.0. The fourth-order valence-corrected chi connectivity index (χ4v) is 3.25. The molecule has 4 atom stereocenters. The fraction of sp³-hybridized carbons (Fsp3) is 0.571. The first-order valence-corrected chi connectivity index (χ1v) is 12.0. The van der Waals surface area contributed by atoms with Gasteiger partial charge in [0.2, 0.25) is 17.7 Å². The second-order valence-electron chi connectivity index (χ2n) is 8.49. The Bertz CT molecular complexity index is 992. The van der Waals surface area contributed by atoms with Crippen molar-refractivity contribution in [3.05, 3.63) is 18.2 Å². The minimum Gasteiger partial charge on any atom is -0.480 e. The molecule has 16 N–H and O–H groups in total. The Morgan fingerprint density at radius 2 is 1.41 bits per heavy atom. The zero-order chi connectivity index (χ0) is 29.4. The van der Waals surface area contributed by atoms with E-state index in [1.165, 1.54) is 12.5 Å². The molecular formula is C21H38N12O6. The van der Waals surface area contributed by atoms with Crippen LogP contribution in [0.15, 0.2) is 22.5 Å². The van der Waals surface area contributed by atoms with Crippen molar-refractivity contribution in [2.24, 2.45) is 38.7 Å². The molecule has 39 heavy (non-hydrogen) atoms. The van der Waals surface area contributed by atoms with Gasteiger partial charge in [0.05, 0.1) is 19.0 Å². The van der Waals surface area contributed by atoms with Crippen LogP contribution in [0.5, 0.6) is 0 Å². The number of carboxylic acids is 1. The number of aromatic nitrogens is 2. The van der Waals surface area contributed by atoms with Crippen molar-refractivity contribution in [1.29, 1.82) is 0 Å². The molecule has 0 spiro atoms. The highest BCUT2D eigenvalue weighted by molar-refractivity contribution is 5.94. The number of aliphatic carboxylic acids is 1. The maximum Gasteiger partial charge on any atom is 0.326 e. The Morgan fingerprint density at radius 1 is 0.872 bits per heavy atom. The molecule has 18 heteroatoms. The van der Waals surface area contributed by atoms with Crippen LogP contribution in [-0.2, 0) is 25.6 Å². The highest BCUT2D eigenvalue weighted by Gasteiger charge is 2.30. The Morgan fingerprint density at radius 3 is 1.92 bits per heavy atom. The Balaban J connectivity index is 2.86. The van der Waals surface area contributed by atoms with Gasteiger partial charge >= 0.3 is 5.97 Å². The summed E-state index contributed by atoms with van der Waals surface area (Å²) in [7, 11) is 0. The standard InChI is InChI=1S/C21H38N12O6/c22-12(3-1-5-28-20(23)24)16(35)33-15(9-34)18(37)32-14(7-11-8-27-10-30-11)17(36)31-13(19(38)39)4-2-6-29-21(25)26/h8,10,12-15,34H,1-7,9,22H2,(H,27,30)(H,31,36)(H,32,37)(H,33,35)(H,38,39)(H4,23,24,28)(H4,25,26,29). The summed E-state index contributed by atoms with van der Waals surface area (Å²) in [6.45, 7) is -0.382. The van der Waals surface area contributed by atoms with E-state index < -0.39 is 54.5 Å². The highest BCUT2D eigenvalue weighted by atomic mass is 16.4. The lowest BCUT2D eigenvalue weighted by Crippen LogP contribution is -2.58. The first-order chi connectivity index (χ1) is 18.4. The van der Waals surface area contributed by atoms with Crippen molar-refractivity contribution in [1.82, 2.24) is 25.9 Å². The molecule has 0 bridgehead atoms. The fourth-order valence-electron chi connectivity index (χ4n) is 3.25. The van der Waals surface area contributed by atoms with Gasteiger partial charge in [0.15, 0.2) is 11.9 Å². The second-order valence-corrected chi connectivity index (χ2v) is 8.49. The smallest absolute Gasteiger partial charge is 0.326 e. The first-order valence-electron chi connectivity index (χ1n) is 12.0. The number of hydrogen-bond donors (Lipinski definition) is 11. The molecule has 218 valence electrons. The summed E-state index contributed by atoms with van der Waals surface area (Å²) in [5.74, 6) is -3.96. The van der Waals surface area contributed by atoms with E-state index in [0.29, 0.717) is 12.1 Å². The van der Waals surface area contributed by atoms with Crippen molar-refractivity contribution >= 4 is 35.6 Å². The molecule has 0 aliphatic rings. The molecule has 0 aromatic carbocycles. The number of rotatable bonds is 18. The van der Waals surface area contributed by atoms with Gasteiger partial charge in [-0.1, -0.05) is 0 Å². The predicted octanol–water partition coefficient (Wildman–Crippen LogP) is -5.08. The van der Waals surface area contributed by atoms with Crippen LogP contribution in [0.4, 0.5) is 0 Å². The minimum atomic E-state index is -1.44. The molecule has 18 nitrogen and oxygen atoms in total. The van der Waals surface area contributed by atoms with E-state index in [1.54, 1.807) is 0 Å². The number of aliphatic imine (C=N–C) groups is 2. The number of carbonyl (C=O) groups excluding carboxylic acids is 3. The van der Waals surface area contributed by atoms with Gasteiger partial charge in [-0.05, 0) is 25.7 Å². The zero-order valence-corrected chi connectivity index (χ0v) is 21.4. The van der Waals surface area contributed by atoms with Gasteiger partial charge in [0, 0.05) is 31.4 Å². The number of aliphatic hydroxyl groups excluding tert-OH is 1. The van der Waals surface area contributed by atoms with Gasteiger partial charge in [-0.15, -0.1) is 0 Å². The van der Waals surface area contributed by atoms with Crippen LogP contribution >= 0.6 is 0 Å². The Labute approximate surface area is 224 Å². The number of guanidine groups is 2. The number of nitrogens with zero attached hydrogens (tertiary/aromatic N) is 3. The van der Waals surface area contributed by atoms with Crippen LogP contribution in [-0.4, -0.2) is 99.7 Å². The summed E-state index contributed by atoms with van der Waals surface area (Å²) in [6.07, 6.45) is 3.56. The number of nitrogens with two attached hydrogens (primary N) is 5. The van der Waals surface area contributed by atoms with Gasteiger partial charge < -0.3 is 59.8 Å². The maximum absolute atomic E-state index is 13.0. The molecule has 1 aromatic heterocycles. The van der Waals surface area contributed by atoms with Crippen LogP contribution in [0.2, 0.25) is 0 Å². The largest absolute Gasteiger partial charge is 0.480 e. The van der Waals surface area contributed by atoms with E-state index >= 15 is 0 Å². The monoisotopic (exact) mass is 554 g/mol. The van der Waals surface area contributed by atoms with Crippen LogP contribution in [0.3, 0.4) is 0 Å². The van der Waals surface area contributed by atoms with Crippen molar-refractivity contribution in [2.45, 2.75) is 56.3 Å². The molecule has 1 rings (SSSR count). The molecule has 0 saturated heterocycles. The van der Waals surface area contributed by atoms with Crippen LogP contribution in [0.1, 0.15) is 31.4 Å². The Kier molecular flexibility index (Phi) is 14.3. The molecule has 1 aromatic rings. The topological polar surface area (TPSA) is 328 Å². The minimum absolute atomic E-state index is 0.0129. The molecule has 0 aliphatic carbocycles. The lowest BCUT2D eigenvalue weighted by atomic mass is 10.1. The first kappa shape index (κ1) is 32.6. The number of amides is 3. The van der Waals surface area contributed by atoms with Crippen LogP contribution < -0.4 is 44.6 Å². The molecule has 0 aliphatic heterocycles. The normalized spacial score (nSPS) is 13.7. The van der Waals surface area contributed by atoms with Gasteiger partial charge in [0.1, 0.15) is 18.1 Å². The number of imidazole rings is 1. The van der Waals surface area contributed by atoms with E-state index in [0.717, 1.165) is 0 Å². The van der Waals surface area contributed by atoms with Crippen molar-refractivity contribution < 1.29 is 29.4 Å². The molecule has 1 heterocycles. The van der Waals surface area contributed by atoms with E-state index in [4.69, 9.17) is 28.7 Å². The third-order valence-corrected chi connectivity index (χ3v) is 5.29. The average molecular weight is 555 g/mol. The number of hydrogen-bond acceptors (Lipinski definition) is 9. The second kappa shape index (κ2) is 17.1. The summed E-state index contributed by atoms with van der Waals surface area (Å²) in [4.78, 5) is 64.2. The van der Waals surface area contributed by atoms with Crippen molar-refractivity contribution in [3.63, 3.8) is 0 Å². The van der Waals surface area contributed by atoms with E-state index in [-0.39, 0.29) is 50.7 Å². The van der Waals surface area contributed by atoms with Crippen molar-refractivity contribution in [3.8, 4) is 0 Å². The van der Waals surface area contributed by atoms with E-state index in [1.807, 2.05) is 0 Å². The summed E-state index contributed by atoms with van der Waals surface area (Å²) in [5.41, 5.74) is 27.3. The zero-order valence-electron chi connectivity index (χ0n) is 21.4. The number of carboxylic acid groups (broad SMARTS) is 1. The van der Waals surface area contributed by atoms with Crippen molar-refractivity contribution in [2.75, 3.05) is 19.7 Å². The number of nitrogens with one attached hydrogen (secondary N) is 4. The molecule has 0 fully saturated rings. The lowest BCUT2D eigenvalue weighted by molar-refractivity contribution is -0.142. The third kappa shape index (κ3) is 13.1. The van der Waals surface area contributed by atoms with Crippen LogP contribution in [0.25, 0.3) is 0 Å². The predicted molar refractivity (Wildman–Crippen MR) is 141 cm³/mol. The molecule has 3 amide bonds. The van der Waals surface area contributed by atoms with Gasteiger partial charge in [-0.25, -0.2) is 9.78 Å². The van der Waals surface area contributed by atoms with Gasteiger partial charge in [-0.3, -0.25) is 24.4 Å². The summed E-state index contributed by atoms with van der Waals surface area (Å²) < 4.78 is 0. The third-order valence-electron chi connectivity index (χ3n) is 5.29. The number of carbonyl (C=O) groups is 4. The highest BCUT2D eigenvalue weighted by Crippen LogP contribution is 2.04. The summed E-state index contributed by atoms with van der Waals surface area (Å²) in [6, 6.07) is -5.02. The Hall–Kier alpha value is -4.45. The van der Waals surface area contributed by atoms with E-state index in [9.17, 15) is 29.4 Å². The number of aromatic amines is 1.